The molecule has 136 valence electrons. The second-order valence-corrected chi connectivity index (χ2v) is 6.30. The standard InChI is InChI=1S/C19H19ClN2O4/c1-25-12-19(24)22-9-8-13-2-5-15(10-17(13)22)21-18(23)11-26-16-6-3-14(20)4-7-16/h2-7,10H,8-9,11-12H2,1H3,(H,21,23). The number of hydrogen-bond donors (Lipinski definition) is 1. The van der Waals surface area contributed by atoms with E-state index in [1.54, 1.807) is 35.2 Å². The second kappa shape index (κ2) is 8.21. The Morgan fingerprint density at radius 1 is 1.15 bits per heavy atom. The lowest BCUT2D eigenvalue weighted by Crippen LogP contribution is -2.32. The van der Waals surface area contributed by atoms with Crippen LogP contribution in [0.25, 0.3) is 0 Å². The Morgan fingerprint density at radius 3 is 2.65 bits per heavy atom. The number of hydrogen-bond acceptors (Lipinski definition) is 4. The lowest BCUT2D eigenvalue weighted by Gasteiger charge is -2.17. The van der Waals surface area contributed by atoms with Crippen molar-refractivity contribution in [2.75, 3.05) is 37.1 Å². The van der Waals surface area contributed by atoms with Gasteiger partial charge in [0.15, 0.2) is 6.61 Å². The van der Waals surface area contributed by atoms with Gasteiger partial charge in [-0.15, -0.1) is 0 Å². The van der Waals surface area contributed by atoms with Crippen LogP contribution in [0.1, 0.15) is 5.56 Å². The molecule has 0 radical (unpaired) electrons. The zero-order valence-corrected chi connectivity index (χ0v) is 15.1. The zero-order chi connectivity index (χ0) is 18.5. The van der Waals surface area contributed by atoms with Crippen LogP contribution in [-0.4, -0.2) is 38.7 Å². The van der Waals surface area contributed by atoms with Crippen LogP contribution < -0.4 is 15.0 Å². The molecule has 3 rings (SSSR count). The van der Waals surface area contributed by atoms with Gasteiger partial charge in [0.1, 0.15) is 12.4 Å². The minimum absolute atomic E-state index is 0.0327. The first-order valence-corrected chi connectivity index (χ1v) is 8.55. The Labute approximate surface area is 156 Å². The molecule has 2 aromatic carbocycles. The minimum atomic E-state index is -0.285. The van der Waals surface area contributed by atoms with Crippen LogP contribution in [0.5, 0.6) is 5.75 Å². The first-order valence-electron chi connectivity index (χ1n) is 8.17. The Balaban J connectivity index is 1.61. The molecular weight excluding hydrogens is 356 g/mol. The van der Waals surface area contributed by atoms with Crippen molar-refractivity contribution >= 4 is 34.8 Å². The van der Waals surface area contributed by atoms with Crippen LogP contribution in [0.3, 0.4) is 0 Å². The van der Waals surface area contributed by atoms with Gasteiger partial charge in [-0.25, -0.2) is 0 Å². The molecule has 26 heavy (non-hydrogen) atoms. The van der Waals surface area contributed by atoms with E-state index in [0.29, 0.717) is 23.0 Å². The van der Waals surface area contributed by atoms with E-state index in [-0.39, 0.29) is 25.0 Å². The Morgan fingerprint density at radius 2 is 1.92 bits per heavy atom. The van der Waals surface area contributed by atoms with Crippen molar-refractivity contribution in [3.63, 3.8) is 0 Å². The minimum Gasteiger partial charge on any atom is -0.484 e. The van der Waals surface area contributed by atoms with Crippen LogP contribution in [0.15, 0.2) is 42.5 Å². The highest BCUT2D eigenvalue weighted by Crippen LogP contribution is 2.31. The molecule has 1 heterocycles. The number of nitrogens with zero attached hydrogens (tertiary/aromatic N) is 1. The highest BCUT2D eigenvalue weighted by molar-refractivity contribution is 6.30. The first-order chi connectivity index (χ1) is 12.6. The fourth-order valence-corrected chi connectivity index (χ4v) is 2.92. The fourth-order valence-electron chi connectivity index (χ4n) is 2.79. The summed E-state index contributed by atoms with van der Waals surface area (Å²) >= 11 is 5.81. The monoisotopic (exact) mass is 374 g/mol. The van der Waals surface area contributed by atoms with Crippen LogP contribution in [-0.2, 0) is 20.7 Å². The summed E-state index contributed by atoms with van der Waals surface area (Å²) in [5.41, 5.74) is 2.50. The van der Waals surface area contributed by atoms with Gasteiger partial charge in [0.05, 0.1) is 0 Å². The molecule has 0 saturated carbocycles. The SMILES string of the molecule is COCC(=O)N1CCc2ccc(NC(=O)COc3ccc(Cl)cc3)cc21. The molecule has 0 spiro atoms. The number of methoxy groups -OCH3 is 1. The van der Waals surface area contributed by atoms with E-state index in [4.69, 9.17) is 21.1 Å². The summed E-state index contributed by atoms with van der Waals surface area (Å²) in [7, 11) is 1.49. The first kappa shape index (κ1) is 18.2. The van der Waals surface area contributed by atoms with Gasteiger partial charge in [-0.05, 0) is 48.4 Å². The third kappa shape index (κ3) is 4.33. The van der Waals surface area contributed by atoms with Gasteiger partial charge in [0, 0.05) is 30.1 Å². The molecule has 0 aromatic heterocycles. The lowest BCUT2D eigenvalue weighted by atomic mass is 10.1. The highest BCUT2D eigenvalue weighted by Gasteiger charge is 2.24. The van der Waals surface area contributed by atoms with E-state index < -0.39 is 0 Å². The smallest absolute Gasteiger partial charge is 0.262 e. The van der Waals surface area contributed by atoms with Crippen molar-refractivity contribution in [3.8, 4) is 5.75 Å². The van der Waals surface area contributed by atoms with Gasteiger partial charge in [-0.1, -0.05) is 17.7 Å². The van der Waals surface area contributed by atoms with Crippen LogP contribution in [0.2, 0.25) is 5.02 Å². The number of anilines is 2. The van der Waals surface area contributed by atoms with Crippen molar-refractivity contribution in [2.24, 2.45) is 0 Å². The van der Waals surface area contributed by atoms with Gasteiger partial charge in [0.25, 0.3) is 11.8 Å². The average Bonchev–Trinajstić information content (AvgIpc) is 3.05. The van der Waals surface area contributed by atoms with Gasteiger partial charge in [0.2, 0.25) is 0 Å². The summed E-state index contributed by atoms with van der Waals surface area (Å²) in [6, 6.07) is 12.3. The molecule has 1 N–H and O–H groups in total. The highest BCUT2D eigenvalue weighted by atomic mass is 35.5. The van der Waals surface area contributed by atoms with Crippen molar-refractivity contribution < 1.29 is 19.1 Å². The molecule has 0 atom stereocenters. The maximum Gasteiger partial charge on any atom is 0.262 e. The Bertz CT molecular complexity index is 808. The van der Waals surface area contributed by atoms with Crippen LogP contribution in [0.4, 0.5) is 11.4 Å². The fraction of sp³-hybridized carbons (Fsp3) is 0.263. The Hall–Kier alpha value is -2.57. The molecular formula is C19H19ClN2O4. The summed E-state index contributed by atoms with van der Waals surface area (Å²) in [4.78, 5) is 25.9. The summed E-state index contributed by atoms with van der Waals surface area (Å²) in [6.45, 7) is 0.532. The molecule has 7 heteroatoms. The topological polar surface area (TPSA) is 67.9 Å². The quantitative estimate of drug-likeness (QED) is 0.844. The van der Waals surface area contributed by atoms with E-state index in [2.05, 4.69) is 5.32 Å². The van der Waals surface area contributed by atoms with E-state index in [9.17, 15) is 9.59 Å². The van der Waals surface area contributed by atoms with Gasteiger partial charge >= 0.3 is 0 Å². The molecule has 1 aliphatic heterocycles. The van der Waals surface area contributed by atoms with Crippen molar-refractivity contribution in [2.45, 2.75) is 6.42 Å². The number of carbonyl (C=O) groups excluding carboxylic acids is 2. The van der Waals surface area contributed by atoms with E-state index >= 15 is 0 Å². The molecule has 0 aliphatic carbocycles. The van der Waals surface area contributed by atoms with Gasteiger partial charge < -0.3 is 19.7 Å². The summed E-state index contributed by atoms with van der Waals surface area (Å²) in [5.74, 6) is 0.184. The third-order valence-corrected chi connectivity index (χ3v) is 4.27. The predicted octanol–water partition coefficient (Wildman–Crippen LogP) is 2.89. The van der Waals surface area contributed by atoms with E-state index in [0.717, 1.165) is 17.7 Å². The van der Waals surface area contributed by atoms with Crippen molar-refractivity contribution in [1.29, 1.82) is 0 Å². The molecule has 0 bridgehead atoms. The second-order valence-electron chi connectivity index (χ2n) is 5.86. The molecule has 1 aliphatic rings. The maximum absolute atomic E-state index is 12.1. The maximum atomic E-state index is 12.1. The van der Waals surface area contributed by atoms with Crippen molar-refractivity contribution in [3.05, 3.63) is 53.1 Å². The molecule has 0 fully saturated rings. The molecule has 0 unspecified atom stereocenters. The number of halogens is 1. The van der Waals surface area contributed by atoms with E-state index in [1.807, 2.05) is 12.1 Å². The molecule has 2 amide bonds. The molecule has 6 nitrogen and oxygen atoms in total. The number of rotatable bonds is 6. The largest absolute Gasteiger partial charge is 0.484 e. The molecule has 2 aromatic rings. The number of ether oxygens (including phenoxy) is 2. The summed E-state index contributed by atoms with van der Waals surface area (Å²) < 4.78 is 10.3. The van der Waals surface area contributed by atoms with Gasteiger partial charge in [-0.3, -0.25) is 9.59 Å². The van der Waals surface area contributed by atoms with Crippen LogP contribution >= 0.6 is 11.6 Å². The number of fused-ring (bicyclic) bond motifs is 1. The van der Waals surface area contributed by atoms with Crippen LogP contribution in [0, 0.1) is 0 Å². The normalized spacial score (nSPS) is 12.6. The average molecular weight is 375 g/mol. The number of nitrogens with one attached hydrogen (secondary N) is 1. The molecule has 0 saturated heterocycles. The van der Waals surface area contributed by atoms with E-state index in [1.165, 1.54) is 7.11 Å². The van der Waals surface area contributed by atoms with Crippen molar-refractivity contribution in [1.82, 2.24) is 0 Å². The lowest BCUT2D eigenvalue weighted by molar-refractivity contribution is -0.122. The summed E-state index contributed by atoms with van der Waals surface area (Å²) in [5, 5.41) is 3.39. The Kier molecular flexibility index (Phi) is 5.75. The predicted molar refractivity (Wildman–Crippen MR) is 100.0 cm³/mol. The number of benzene rings is 2. The summed E-state index contributed by atoms with van der Waals surface area (Å²) in [6.07, 6.45) is 0.790. The zero-order valence-electron chi connectivity index (χ0n) is 14.3. The number of amides is 2. The van der Waals surface area contributed by atoms with Gasteiger partial charge in [-0.2, -0.15) is 0 Å². The third-order valence-electron chi connectivity index (χ3n) is 4.02. The number of carbonyl (C=O) groups is 2.